The molecule has 2 atom stereocenters. The molecule has 2 aliphatic carbocycles. The Hall–Kier alpha value is -2.43. The predicted octanol–water partition coefficient (Wildman–Crippen LogP) is 4.10. The van der Waals surface area contributed by atoms with Gasteiger partial charge in [0.05, 0.1) is 11.7 Å². The predicted molar refractivity (Wildman–Crippen MR) is 103 cm³/mol. The topological polar surface area (TPSA) is 58.1 Å². The van der Waals surface area contributed by atoms with Crippen molar-refractivity contribution in [2.24, 2.45) is 5.92 Å². The first-order valence-corrected chi connectivity index (χ1v) is 10.3. The summed E-state index contributed by atoms with van der Waals surface area (Å²) >= 11 is 0. The van der Waals surface area contributed by atoms with Crippen LogP contribution >= 0.6 is 0 Å². The van der Waals surface area contributed by atoms with Crippen LogP contribution in [-0.4, -0.2) is 26.8 Å². The number of rotatable bonds is 4. The Labute approximate surface area is 159 Å². The van der Waals surface area contributed by atoms with E-state index in [0.717, 1.165) is 49.4 Å². The molecule has 1 saturated heterocycles. The van der Waals surface area contributed by atoms with Gasteiger partial charge >= 0.3 is 0 Å². The molecule has 5 heteroatoms. The molecule has 138 valence electrons. The van der Waals surface area contributed by atoms with E-state index < -0.39 is 0 Å². The highest BCUT2D eigenvalue weighted by Crippen LogP contribution is 2.49. The average Bonchev–Trinajstić information content (AvgIpc) is 3.58. The molecule has 0 radical (unpaired) electrons. The third-order valence-electron chi connectivity index (χ3n) is 6.47. The summed E-state index contributed by atoms with van der Waals surface area (Å²) in [4.78, 5) is 25.1. The standard InChI is InChI=1S/C22H24N4O/c27-22(14-8-9-14)26-16-10-11-18(26)19-17(12-16)24-20(13-6-7-13)25-21(19)23-15-4-2-1-3-5-15/h1-5,13-14,16,18H,6-12H2,(H,23,24,25). The normalized spacial score (nSPS) is 26.0. The fourth-order valence-corrected chi connectivity index (χ4v) is 4.78. The number of benzene rings is 1. The smallest absolute Gasteiger partial charge is 0.226 e. The molecule has 1 amide bonds. The molecule has 3 heterocycles. The number of amides is 1. The lowest BCUT2D eigenvalue weighted by molar-refractivity contribution is -0.136. The lowest BCUT2D eigenvalue weighted by atomic mass is 9.97. The van der Waals surface area contributed by atoms with Crippen LogP contribution in [0.5, 0.6) is 0 Å². The minimum atomic E-state index is 0.145. The van der Waals surface area contributed by atoms with E-state index in [-0.39, 0.29) is 12.0 Å². The summed E-state index contributed by atoms with van der Waals surface area (Å²) in [5.41, 5.74) is 3.39. The molecule has 1 aromatic carbocycles. The zero-order valence-corrected chi connectivity index (χ0v) is 15.4. The van der Waals surface area contributed by atoms with E-state index in [2.05, 4.69) is 22.3 Å². The summed E-state index contributed by atoms with van der Waals surface area (Å²) in [6.07, 6.45) is 7.53. The Morgan fingerprint density at radius 2 is 1.81 bits per heavy atom. The van der Waals surface area contributed by atoms with Crippen LogP contribution in [0.2, 0.25) is 0 Å². The third-order valence-corrected chi connectivity index (χ3v) is 6.47. The quantitative estimate of drug-likeness (QED) is 0.892. The Kier molecular flexibility index (Phi) is 3.34. The van der Waals surface area contributed by atoms with E-state index in [4.69, 9.17) is 9.97 Å². The van der Waals surface area contributed by atoms with E-state index in [1.54, 1.807) is 0 Å². The van der Waals surface area contributed by atoms with Crippen molar-refractivity contribution in [1.82, 2.24) is 14.9 Å². The van der Waals surface area contributed by atoms with Gasteiger partial charge in [0, 0.05) is 35.5 Å². The van der Waals surface area contributed by atoms with Gasteiger partial charge < -0.3 is 10.2 Å². The highest BCUT2D eigenvalue weighted by atomic mass is 16.2. The van der Waals surface area contributed by atoms with Crippen LogP contribution in [0.15, 0.2) is 30.3 Å². The molecule has 0 spiro atoms. The number of fused-ring (bicyclic) bond motifs is 4. The first-order valence-electron chi connectivity index (χ1n) is 10.3. The zero-order valence-electron chi connectivity index (χ0n) is 15.4. The van der Waals surface area contributed by atoms with Crippen molar-refractivity contribution in [3.05, 3.63) is 47.4 Å². The first-order chi connectivity index (χ1) is 13.3. The van der Waals surface area contributed by atoms with E-state index in [0.29, 0.717) is 17.9 Å². The fraction of sp³-hybridized carbons (Fsp3) is 0.500. The maximum Gasteiger partial charge on any atom is 0.226 e. The first kappa shape index (κ1) is 15.6. The van der Waals surface area contributed by atoms with Crippen LogP contribution in [0, 0.1) is 5.92 Å². The van der Waals surface area contributed by atoms with Crippen molar-refractivity contribution < 1.29 is 4.79 Å². The Bertz CT molecular complexity index is 904. The number of nitrogens with one attached hydrogen (secondary N) is 1. The van der Waals surface area contributed by atoms with Crippen LogP contribution in [0.25, 0.3) is 0 Å². The number of carbonyl (C=O) groups excluding carboxylic acids is 1. The molecule has 27 heavy (non-hydrogen) atoms. The molecular weight excluding hydrogens is 336 g/mol. The summed E-state index contributed by atoms with van der Waals surface area (Å²) in [6, 6.07) is 10.7. The van der Waals surface area contributed by atoms with Crippen molar-refractivity contribution in [2.75, 3.05) is 5.32 Å². The van der Waals surface area contributed by atoms with E-state index in [9.17, 15) is 4.79 Å². The van der Waals surface area contributed by atoms with Crippen molar-refractivity contribution in [3.8, 4) is 0 Å². The van der Waals surface area contributed by atoms with Crippen LogP contribution in [0.1, 0.15) is 67.6 Å². The number of hydrogen-bond donors (Lipinski definition) is 1. The molecule has 2 saturated carbocycles. The highest BCUT2D eigenvalue weighted by molar-refractivity contribution is 5.83. The number of para-hydroxylation sites is 1. The fourth-order valence-electron chi connectivity index (χ4n) is 4.78. The largest absolute Gasteiger partial charge is 0.340 e. The van der Waals surface area contributed by atoms with Crippen molar-refractivity contribution in [1.29, 1.82) is 0 Å². The molecule has 2 unspecified atom stereocenters. The van der Waals surface area contributed by atoms with Crippen molar-refractivity contribution in [2.45, 2.75) is 62.9 Å². The van der Waals surface area contributed by atoms with Crippen LogP contribution in [0.3, 0.4) is 0 Å². The molecular formula is C22H24N4O. The number of aromatic nitrogens is 2. The Morgan fingerprint density at radius 3 is 2.56 bits per heavy atom. The van der Waals surface area contributed by atoms with Gasteiger partial charge in [-0.3, -0.25) is 4.79 Å². The van der Waals surface area contributed by atoms with Gasteiger partial charge in [0.2, 0.25) is 5.91 Å². The summed E-state index contributed by atoms with van der Waals surface area (Å²) in [7, 11) is 0. The Balaban J connectivity index is 1.44. The monoisotopic (exact) mass is 360 g/mol. The number of carbonyl (C=O) groups is 1. The second-order valence-corrected chi connectivity index (χ2v) is 8.53. The second-order valence-electron chi connectivity index (χ2n) is 8.53. The van der Waals surface area contributed by atoms with E-state index in [1.807, 2.05) is 18.2 Å². The molecule has 1 N–H and O–H groups in total. The van der Waals surface area contributed by atoms with Crippen molar-refractivity contribution >= 4 is 17.4 Å². The maximum atomic E-state index is 13.0. The van der Waals surface area contributed by atoms with Gasteiger partial charge in [-0.25, -0.2) is 9.97 Å². The Morgan fingerprint density at radius 1 is 1.00 bits per heavy atom. The molecule has 6 rings (SSSR count). The van der Waals surface area contributed by atoms with Gasteiger partial charge in [-0.2, -0.15) is 0 Å². The molecule has 2 aliphatic heterocycles. The summed E-state index contributed by atoms with van der Waals surface area (Å²) in [5.74, 6) is 3.08. The van der Waals surface area contributed by atoms with Gasteiger partial charge in [0.15, 0.2) is 0 Å². The van der Waals surface area contributed by atoms with Gasteiger partial charge in [0.1, 0.15) is 11.6 Å². The van der Waals surface area contributed by atoms with Gasteiger partial charge in [-0.1, -0.05) is 18.2 Å². The van der Waals surface area contributed by atoms with Gasteiger partial charge in [-0.15, -0.1) is 0 Å². The molecule has 1 aromatic heterocycles. The lowest BCUT2D eigenvalue weighted by Gasteiger charge is -2.37. The molecule has 2 aromatic rings. The maximum absolute atomic E-state index is 13.0. The van der Waals surface area contributed by atoms with Crippen LogP contribution in [-0.2, 0) is 11.2 Å². The lowest BCUT2D eigenvalue weighted by Crippen LogP contribution is -2.43. The highest BCUT2D eigenvalue weighted by Gasteiger charge is 2.48. The zero-order chi connectivity index (χ0) is 18.0. The molecule has 3 fully saturated rings. The summed E-state index contributed by atoms with van der Waals surface area (Å²) in [6.45, 7) is 0. The summed E-state index contributed by atoms with van der Waals surface area (Å²) < 4.78 is 0. The van der Waals surface area contributed by atoms with Gasteiger partial charge in [-0.05, 0) is 50.7 Å². The van der Waals surface area contributed by atoms with Gasteiger partial charge in [0.25, 0.3) is 0 Å². The number of nitrogens with zero attached hydrogens (tertiary/aromatic N) is 3. The van der Waals surface area contributed by atoms with Crippen LogP contribution < -0.4 is 5.32 Å². The van der Waals surface area contributed by atoms with E-state index in [1.165, 1.54) is 24.1 Å². The molecule has 4 aliphatic rings. The average molecular weight is 360 g/mol. The minimum absolute atomic E-state index is 0.145. The SMILES string of the molecule is O=C(C1CC1)N1C2CCC1c1c(nc(C3CC3)nc1Nc1ccccc1)C2. The molecule has 5 nitrogen and oxygen atoms in total. The molecule has 2 bridgehead atoms. The number of hydrogen-bond acceptors (Lipinski definition) is 4. The van der Waals surface area contributed by atoms with E-state index >= 15 is 0 Å². The number of anilines is 2. The minimum Gasteiger partial charge on any atom is -0.340 e. The van der Waals surface area contributed by atoms with Crippen LogP contribution in [0.4, 0.5) is 11.5 Å². The third kappa shape index (κ3) is 2.63. The second kappa shape index (κ2) is 5.78. The summed E-state index contributed by atoms with van der Waals surface area (Å²) in [5, 5.41) is 3.55. The van der Waals surface area contributed by atoms with Crippen molar-refractivity contribution in [3.63, 3.8) is 0 Å².